The van der Waals surface area contributed by atoms with Crippen LogP contribution >= 0.6 is 0 Å². The number of ether oxygens (including phenoxy) is 2. The fourth-order valence-corrected chi connectivity index (χ4v) is 3.52. The van der Waals surface area contributed by atoms with Gasteiger partial charge in [-0.05, 0) is 48.5 Å². The van der Waals surface area contributed by atoms with E-state index < -0.39 is 15.8 Å². The standard InChI is InChI=1S/C18H14FN3O4S/c19-12-1-5-15(6-2-12)27(23,24)22-14-4-8-18(20-10-14)21-13-3-7-16-17(9-13)26-11-25-16/h1-10,22H,11H2,(H,20,21). The Morgan fingerprint density at radius 3 is 2.41 bits per heavy atom. The molecule has 0 saturated heterocycles. The van der Waals surface area contributed by atoms with Gasteiger partial charge in [0.1, 0.15) is 11.6 Å². The maximum atomic E-state index is 13.0. The van der Waals surface area contributed by atoms with E-state index >= 15 is 0 Å². The molecule has 0 bridgehead atoms. The first-order valence-corrected chi connectivity index (χ1v) is 9.39. The third-order valence-corrected chi connectivity index (χ3v) is 5.18. The Bertz CT molecular complexity index is 1070. The second-order valence-corrected chi connectivity index (χ2v) is 7.37. The number of sulfonamides is 1. The summed E-state index contributed by atoms with van der Waals surface area (Å²) in [6, 6.07) is 13.2. The van der Waals surface area contributed by atoms with Crippen molar-refractivity contribution in [3.8, 4) is 11.5 Å². The van der Waals surface area contributed by atoms with Gasteiger partial charge in [0, 0.05) is 11.8 Å². The highest BCUT2D eigenvalue weighted by Gasteiger charge is 2.15. The average molecular weight is 387 g/mol. The fourth-order valence-electron chi connectivity index (χ4n) is 2.48. The second kappa shape index (κ2) is 6.76. The molecule has 3 aromatic rings. The number of nitrogens with zero attached hydrogens (tertiary/aromatic N) is 1. The van der Waals surface area contributed by atoms with E-state index in [0.717, 1.165) is 17.8 Å². The predicted molar refractivity (Wildman–Crippen MR) is 97.3 cm³/mol. The molecule has 0 fully saturated rings. The lowest BCUT2D eigenvalue weighted by Crippen LogP contribution is -2.13. The van der Waals surface area contributed by atoms with Gasteiger partial charge in [-0.2, -0.15) is 0 Å². The minimum absolute atomic E-state index is 0.0357. The van der Waals surface area contributed by atoms with Gasteiger partial charge in [0.15, 0.2) is 11.5 Å². The van der Waals surface area contributed by atoms with Crippen LogP contribution in [0.1, 0.15) is 0 Å². The summed E-state index contributed by atoms with van der Waals surface area (Å²) in [6.07, 6.45) is 1.39. The third kappa shape index (κ3) is 3.77. The van der Waals surface area contributed by atoms with E-state index in [-0.39, 0.29) is 17.4 Å². The maximum Gasteiger partial charge on any atom is 0.261 e. The van der Waals surface area contributed by atoms with Crippen LogP contribution in [-0.4, -0.2) is 20.2 Å². The number of hydrogen-bond donors (Lipinski definition) is 2. The highest BCUT2D eigenvalue weighted by atomic mass is 32.2. The van der Waals surface area contributed by atoms with Crippen molar-refractivity contribution >= 4 is 27.2 Å². The number of pyridine rings is 1. The van der Waals surface area contributed by atoms with Crippen LogP contribution in [0.4, 0.5) is 21.6 Å². The van der Waals surface area contributed by atoms with Crippen molar-refractivity contribution in [3.05, 3.63) is 66.6 Å². The molecule has 2 N–H and O–H groups in total. The smallest absolute Gasteiger partial charge is 0.261 e. The molecule has 27 heavy (non-hydrogen) atoms. The Hall–Kier alpha value is -3.33. The van der Waals surface area contributed by atoms with Gasteiger partial charge in [0.05, 0.1) is 16.8 Å². The molecule has 1 aromatic heterocycles. The van der Waals surface area contributed by atoms with Gasteiger partial charge < -0.3 is 14.8 Å². The molecule has 2 aromatic carbocycles. The summed E-state index contributed by atoms with van der Waals surface area (Å²) in [5.41, 5.74) is 1.04. The van der Waals surface area contributed by atoms with Crippen LogP contribution in [0.15, 0.2) is 65.7 Å². The molecule has 0 spiro atoms. The number of rotatable bonds is 5. The molecule has 1 aliphatic rings. The summed E-state index contributed by atoms with van der Waals surface area (Å²) in [5.74, 6) is 1.34. The first-order chi connectivity index (χ1) is 13.0. The van der Waals surface area contributed by atoms with Crippen molar-refractivity contribution in [1.82, 2.24) is 4.98 Å². The zero-order chi connectivity index (χ0) is 18.9. The summed E-state index contributed by atoms with van der Waals surface area (Å²) in [4.78, 5) is 4.15. The summed E-state index contributed by atoms with van der Waals surface area (Å²) < 4.78 is 50.5. The Kier molecular flexibility index (Phi) is 4.28. The number of anilines is 3. The Morgan fingerprint density at radius 1 is 0.926 bits per heavy atom. The maximum absolute atomic E-state index is 13.0. The lowest BCUT2D eigenvalue weighted by Gasteiger charge is -2.10. The van der Waals surface area contributed by atoms with E-state index in [1.54, 1.807) is 24.3 Å². The summed E-state index contributed by atoms with van der Waals surface area (Å²) in [6.45, 7) is 0.194. The Balaban J connectivity index is 1.46. The molecule has 1 aliphatic heterocycles. The van der Waals surface area contributed by atoms with Gasteiger partial charge in [-0.25, -0.2) is 17.8 Å². The van der Waals surface area contributed by atoms with Crippen LogP contribution in [0.2, 0.25) is 0 Å². The van der Waals surface area contributed by atoms with E-state index in [1.807, 2.05) is 6.07 Å². The largest absolute Gasteiger partial charge is 0.454 e. The van der Waals surface area contributed by atoms with Crippen molar-refractivity contribution < 1.29 is 22.3 Å². The van der Waals surface area contributed by atoms with Gasteiger partial charge in [-0.1, -0.05) is 0 Å². The highest BCUT2D eigenvalue weighted by Crippen LogP contribution is 2.35. The molecule has 0 amide bonds. The average Bonchev–Trinajstić information content (AvgIpc) is 3.11. The number of aromatic nitrogens is 1. The molecule has 7 nitrogen and oxygen atoms in total. The second-order valence-electron chi connectivity index (χ2n) is 5.68. The minimum atomic E-state index is -3.82. The van der Waals surface area contributed by atoms with Crippen molar-refractivity contribution in [2.45, 2.75) is 4.90 Å². The zero-order valence-electron chi connectivity index (χ0n) is 13.8. The minimum Gasteiger partial charge on any atom is -0.454 e. The number of hydrogen-bond acceptors (Lipinski definition) is 6. The van der Waals surface area contributed by atoms with E-state index in [4.69, 9.17) is 9.47 Å². The van der Waals surface area contributed by atoms with Crippen LogP contribution in [0.3, 0.4) is 0 Å². The number of halogens is 1. The van der Waals surface area contributed by atoms with E-state index in [9.17, 15) is 12.8 Å². The van der Waals surface area contributed by atoms with E-state index in [0.29, 0.717) is 17.3 Å². The molecule has 4 rings (SSSR count). The molecule has 0 saturated carbocycles. The summed E-state index contributed by atoms with van der Waals surface area (Å²) in [5, 5.41) is 3.10. The van der Waals surface area contributed by atoms with Crippen LogP contribution < -0.4 is 19.5 Å². The van der Waals surface area contributed by atoms with Gasteiger partial charge in [-0.3, -0.25) is 4.72 Å². The van der Waals surface area contributed by atoms with Gasteiger partial charge in [0.25, 0.3) is 10.0 Å². The van der Waals surface area contributed by atoms with Crippen LogP contribution in [-0.2, 0) is 10.0 Å². The Morgan fingerprint density at radius 2 is 1.67 bits per heavy atom. The van der Waals surface area contributed by atoms with Gasteiger partial charge >= 0.3 is 0 Å². The third-order valence-electron chi connectivity index (χ3n) is 3.78. The molecule has 0 aliphatic carbocycles. The van der Waals surface area contributed by atoms with Crippen molar-refractivity contribution in [3.63, 3.8) is 0 Å². The van der Waals surface area contributed by atoms with Crippen LogP contribution in [0.5, 0.6) is 11.5 Å². The normalized spacial score (nSPS) is 12.6. The number of nitrogens with one attached hydrogen (secondary N) is 2. The van der Waals surface area contributed by atoms with Gasteiger partial charge in [-0.15, -0.1) is 0 Å². The lowest BCUT2D eigenvalue weighted by atomic mass is 10.2. The first kappa shape index (κ1) is 17.1. The molecular formula is C18H14FN3O4S. The number of fused-ring (bicyclic) bond motifs is 1. The van der Waals surface area contributed by atoms with Crippen molar-refractivity contribution in [1.29, 1.82) is 0 Å². The molecular weight excluding hydrogens is 373 g/mol. The molecule has 0 atom stereocenters. The highest BCUT2D eigenvalue weighted by molar-refractivity contribution is 7.92. The zero-order valence-corrected chi connectivity index (χ0v) is 14.7. The van der Waals surface area contributed by atoms with Gasteiger partial charge in [0.2, 0.25) is 6.79 Å². The number of benzene rings is 2. The summed E-state index contributed by atoms with van der Waals surface area (Å²) >= 11 is 0. The van der Waals surface area contributed by atoms with Crippen molar-refractivity contribution in [2.24, 2.45) is 0 Å². The Labute approximate surface area is 154 Å². The van der Waals surface area contributed by atoms with Crippen LogP contribution in [0, 0.1) is 5.82 Å². The van der Waals surface area contributed by atoms with Crippen LogP contribution in [0.25, 0.3) is 0 Å². The molecule has 0 radical (unpaired) electrons. The van der Waals surface area contributed by atoms with E-state index in [1.165, 1.54) is 18.3 Å². The molecule has 9 heteroatoms. The lowest BCUT2D eigenvalue weighted by molar-refractivity contribution is 0.174. The SMILES string of the molecule is O=S(=O)(Nc1ccc(Nc2ccc3c(c2)OCO3)nc1)c1ccc(F)cc1. The molecule has 0 unspecified atom stereocenters. The first-order valence-electron chi connectivity index (χ1n) is 7.91. The molecule has 2 heterocycles. The quantitative estimate of drug-likeness (QED) is 0.697. The topological polar surface area (TPSA) is 89.6 Å². The van der Waals surface area contributed by atoms with E-state index in [2.05, 4.69) is 15.0 Å². The fraction of sp³-hybridized carbons (Fsp3) is 0.0556. The predicted octanol–water partition coefficient (Wildman–Crippen LogP) is 3.49. The monoisotopic (exact) mass is 387 g/mol. The van der Waals surface area contributed by atoms with Crippen molar-refractivity contribution in [2.75, 3.05) is 16.8 Å². The summed E-state index contributed by atoms with van der Waals surface area (Å²) in [7, 11) is -3.82. The molecule has 138 valence electrons.